The maximum absolute atomic E-state index is 13.8. The molecular weight excluding hydrogens is 255 g/mol. The first-order valence-electron chi connectivity index (χ1n) is 6.89. The lowest BCUT2D eigenvalue weighted by atomic mass is 10.0. The highest BCUT2D eigenvalue weighted by Gasteiger charge is 2.23. The number of hydrogen-bond donors (Lipinski definition) is 1. The quantitative estimate of drug-likeness (QED) is 0.867. The molecule has 2 aromatic rings. The number of carbonyl (C=O) groups is 1. The highest BCUT2D eigenvalue weighted by molar-refractivity contribution is 6.07. The van der Waals surface area contributed by atoms with Crippen molar-refractivity contribution in [3.8, 4) is 0 Å². The minimum atomic E-state index is -0.294. The van der Waals surface area contributed by atoms with Crippen LogP contribution in [0.25, 0.3) is 10.8 Å². The number of nitrogens with two attached hydrogens (primary N) is 1. The van der Waals surface area contributed by atoms with Crippen molar-refractivity contribution in [2.24, 2.45) is 5.73 Å². The van der Waals surface area contributed by atoms with Gasteiger partial charge >= 0.3 is 0 Å². The van der Waals surface area contributed by atoms with Crippen LogP contribution in [-0.4, -0.2) is 29.9 Å². The summed E-state index contributed by atoms with van der Waals surface area (Å²) >= 11 is 0. The van der Waals surface area contributed by atoms with Gasteiger partial charge in [0.15, 0.2) is 0 Å². The first kappa shape index (κ1) is 13.1. The van der Waals surface area contributed by atoms with Gasteiger partial charge in [0.2, 0.25) is 0 Å². The molecule has 4 heteroatoms. The van der Waals surface area contributed by atoms with Crippen molar-refractivity contribution in [2.45, 2.75) is 18.9 Å². The smallest absolute Gasteiger partial charge is 0.254 e. The SMILES string of the molecule is NC1CCN(C(=O)c2ccc(F)c3ccccc23)CC1. The summed E-state index contributed by atoms with van der Waals surface area (Å²) in [4.78, 5) is 14.4. The van der Waals surface area contributed by atoms with Crippen LogP contribution in [0.5, 0.6) is 0 Å². The summed E-state index contributed by atoms with van der Waals surface area (Å²) in [7, 11) is 0. The number of amides is 1. The molecule has 1 heterocycles. The van der Waals surface area contributed by atoms with Crippen LogP contribution in [-0.2, 0) is 0 Å². The third-order valence-electron chi connectivity index (χ3n) is 3.93. The lowest BCUT2D eigenvalue weighted by Gasteiger charge is -2.30. The molecule has 0 unspecified atom stereocenters. The minimum Gasteiger partial charge on any atom is -0.339 e. The first-order valence-corrected chi connectivity index (χ1v) is 6.89. The molecule has 1 amide bonds. The molecule has 1 saturated heterocycles. The predicted molar refractivity (Wildman–Crippen MR) is 77.0 cm³/mol. The van der Waals surface area contributed by atoms with Crippen LogP contribution in [0.15, 0.2) is 36.4 Å². The number of benzene rings is 2. The Morgan fingerprint density at radius 2 is 1.75 bits per heavy atom. The second-order valence-corrected chi connectivity index (χ2v) is 5.27. The maximum Gasteiger partial charge on any atom is 0.254 e. The molecule has 2 aromatic carbocycles. The monoisotopic (exact) mass is 272 g/mol. The van der Waals surface area contributed by atoms with Crippen molar-refractivity contribution in [3.63, 3.8) is 0 Å². The van der Waals surface area contributed by atoms with Crippen LogP contribution in [0, 0.1) is 5.82 Å². The Balaban J connectivity index is 1.98. The van der Waals surface area contributed by atoms with E-state index in [2.05, 4.69) is 0 Å². The van der Waals surface area contributed by atoms with E-state index in [9.17, 15) is 9.18 Å². The summed E-state index contributed by atoms with van der Waals surface area (Å²) in [6.45, 7) is 1.34. The second-order valence-electron chi connectivity index (χ2n) is 5.27. The van der Waals surface area contributed by atoms with E-state index < -0.39 is 0 Å². The molecule has 3 nitrogen and oxygen atoms in total. The van der Waals surface area contributed by atoms with Crippen molar-refractivity contribution in [1.29, 1.82) is 0 Å². The molecular formula is C16H17FN2O. The standard InChI is InChI=1S/C16H17FN2O/c17-15-6-5-14(12-3-1-2-4-13(12)15)16(20)19-9-7-11(18)8-10-19/h1-6,11H,7-10,18H2. The van der Waals surface area contributed by atoms with E-state index in [1.807, 2.05) is 11.0 Å². The van der Waals surface area contributed by atoms with Crippen molar-refractivity contribution in [1.82, 2.24) is 4.90 Å². The van der Waals surface area contributed by atoms with Gasteiger partial charge in [-0.05, 0) is 30.4 Å². The van der Waals surface area contributed by atoms with E-state index in [1.165, 1.54) is 6.07 Å². The van der Waals surface area contributed by atoms with Crippen LogP contribution in [0.1, 0.15) is 23.2 Å². The number of likely N-dealkylation sites (tertiary alicyclic amines) is 1. The van der Waals surface area contributed by atoms with Gasteiger partial charge in [-0.3, -0.25) is 4.79 Å². The van der Waals surface area contributed by atoms with Gasteiger partial charge in [-0.2, -0.15) is 0 Å². The molecule has 0 aliphatic carbocycles. The highest BCUT2D eigenvalue weighted by atomic mass is 19.1. The largest absolute Gasteiger partial charge is 0.339 e. The number of piperidine rings is 1. The van der Waals surface area contributed by atoms with Gasteiger partial charge in [-0.1, -0.05) is 24.3 Å². The van der Waals surface area contributed by atoms with E-state index in [1.54, 1.807) is 24.3 Å². The van der Waals surface area contributed by atoms with E-state index in [4.69, 9.17) is 5.73 Å². The second kappa shape index (κ2) is 5.21. The maximum atomic E-state index is 13.8. The van der Waals surface area contributed by atoms with Crippen molar-refractivity contribution < 1.29 is 9.18 Å². The molecule has 0 saturated carbocycles. The highest BCUT2D eigenvalue weighted by Crippen LogP contribution is 2.24. The number of carbonyl (C=O) groups excluding carboxylic acids is 1. The lowest BCUT2D eigenvalue weighted by molar-refractivity contribution is 0.0717. The number of hydrogen-bond acceptors (Lipinski definition) is 2. The molecule has 0 bridgehead atoms. The zero-order chi connectivity index (χ0) is 14.1. The first-order chi connectivity index (χ1) is 9.66. The van der Waals surface area contributed by atoms with Gasteiger partial charge < -0.3 is 10.6 Å². The Kier molecular flexibility index (Phi) is 3.40. The number of rotatable bonds is 1. The van der Waals surface area contributed by atoms with Crippen LogP contribution >= 0.6 is 0 Å². The summed E-state index contributed by atoms with van der Waals surface area (Å²) in [6.07, 6.45) is 1.65. The van der Waals surface area contributed by atoms with Gasteiger partial charge in [0, 0.05) is 30.1 Å². The Morgan fingerprint density at radius 3 is 2.45 bits per heavy atom. The molecule has 0 atom stereocenters. The molecule has 20 heavy (non-hydrogen) atoms. The zero-order valence-electron chi connectivity index (χ0n) is 11.2. The van der Waals surface area contributed by atoms with Crippen molar-refractivity contribution in [2.75, 3.05) is 13.1 Å². The fourth-order valence-corrected chi connectivity index (χ4v) is 2.72. The average Bonchev–Trinajstić information content (AvgIpc) is 2.48. The fourth-order valence-electron chi connectivity index (χ4n) is 2.72. The molecule has 104 valence electrons. The zero-order valence-corrected chi connectivity index (χ0v) is 11.2. The van der Waals surface area contributed by atoms with Crippen LogP contribution < -0.4 is 5.73 Å². The Hall–Kier alpha value is -1.94. The third kappa shape index (κ3) is 2.27. The Labute approximate surface area is 117 Å². The lowest BCUT2D eigenvalue weighted by Crippen LogP contribution is -2.42. The molecule has 1 aliphatic heterocycles. The average molecular weight is 272 g/mol. The van der Waals surface area contributed by atoms with E-state index in [0.717, 1.165) is 12.8 Å². The van der Waals surface area contributed by atoms with Crippen LogP contribution in [0.4, 0.5) is 4.39 Å². The van der Waals surface area contributed by atoms with Gasteiger partial charge in [0.05, 0.1) is 0 Å². The van der Waals surface area contributed by atoms with Crippen LogP contribution in [0.2, 0.25) is 0 Å². The number of fused-ring (bicyclic) bond motifs is 1. The molecule has 0 aromatic heterocycles. The number of halogens is 1. The molecule has 3 rings (SSSR count). The van der Waals surface area contributed by atoms with Crippen molar-refractivity contribution in [3.05, 3.63) is 47.8 Å². The summed E-state index contributed by atoms with van der Waals surface area (Å²) in [5.41, 5.74) is 6.43. The normalized spacial score (nSPS) is 16.6. The summed E-state index contributed by atoms with van der Waals surface area (Å²) < 4.78 is 13.8. The van der Waals surface area contributed by atoms with Gasteiger partial charge in [0.1, 0.15) is 5.82 Å². The molecule has 0 spiro atoms. The summed E-state index contributed by atoms with van der Waals surface area (Å²) in [5.74, 6) is -0.328. The van der Waals surface area contributed by atoms with Crippen molar-refractivity contribution >= 4 is 16.7 Å². The van der Waals surface area contributed by atoms with E-state index in [-0.39, 0.29) is 17.8 Å². The fraction of sp³-hybridized carbons (Fsp3) is 0.312. The Morgan fingerprint density at radius 1 is 1.10 bits per heavy atom. The van der Waals surface area contributed by atoms with Gasteiger partial charge in [0.25, 0.3) is 5.91 Å². The molecule has 1 fully saturated rings. The topological polar surface area (TPSA) is 46.3 Å². The summed E-state index contributed by atoms with van der Waals surface area (Å²) in [6, 6.07) is 10.2. The predicted octanol–water partition coefficient (Wildman–Crippen LogP) is 2.54. The molecule has 0 radical (unpaired) electrons. The number of nitrogens with zero attached hydrogens (tertiary/aromatic N) is 1. The minimum absolute atomic E-state index is 0.0342. The van der Waals surface area contributed by atoms with Gasteiger partial charge in [-0.25, -0.2) is 4.39 Å². The van der Waals surface area contributed by atoms with E-state index >= 15 is 0 Å². The van der Waals surface area contributed by atoms with E-state index in [0.29, 0.717) is 29.4 Å². The molecule has 2 N–H and O–H groups in total. The Bertz CT molecular complexity index is 648. The molecule has 1 aliphatic rings. The summed E-state index contributed by atoms with van der Waals surface area (Å²) in [5, 5.41) is 1.17. The van der Waals surface area contributed by atoms with Gasteiger partial charge in [-0.15, -0.1) is 0 Å². The third-order valence-corrected chi connectivity index (χ3v) is 3.93. The van der Waals surface area contributed by atoms with Crippen LogP contribution in [0.3, 0.4) is 0 Å².